The lowest BCUT2D eigenvalue weighted by Gasteiger charge is -2.09. The highest BCUT2D eigenvalue weighted by atomic mass is 35.5. The van der Waals surface area contributed by atoms with Crippen LogP contribution < -0.4 is 19.6 Å². The Morgan fingerprint density at radius 3 is 2.28 bits per heavy atom. The van der Waals surface area contributed by atoms with Gasteiger partial charge in [0, 0.05) is 21.8 Å². The monoisotopic (exact) mass is 473 g/mol. The van der Waals surface area contributed by atoms with E-state index in [0.29, 0.717) is 33.3 Å². The van der Waals surface area contributed by atoms with Crippen LogP contribution in [-0.2, 0) is 10.0 Å². The molecule has 0 saturated carbocycles. The van der Waals surface area contributed by atoms with Crippen molar-refractivity contribution < 1.29 is 22.7 Å². The highest BCUT2D eigenvalue weighted by Gasteiger charge is 2.14. The zero-order chi connectivity index (χ0) is 23.1. The summed E-state index contributed by atoms with van der Waals surface area (Å²) in [6.45, 7) is 0. The molecule has 0 bridgehead atoms. The Balaban J connectivity index is 1.65. The summed E-state index contributed by atoms with van der Waals surface area (Å²) in [5, 5.41) is 4.39. The van der Waals surface area contributed by atoms with Crippen LogP contribution in [0.15, 0.2) is 76.7 Å². The molecule has 1 amide bonds. The molecule has 10 heteroatoms. The molecular weight excluding hydrogens is 454 g/mol. The molecule has 8 nitrogen and oxygen atoms in total. The fourth-order valence-electron chi connectivity index (χ4n) is 2.76. The highest BCUT2D eigenvalue weighted by Crippen LogP contribution is 2.29. The molecule has 0 aliphatic heterocycles. The van der Waals surface area contributed by atoms with E-state index in [0.717, 1.165) is 0 Å². The van der Waals surface area contributed by atoms with Crippen LogP contribution in [0.5, 0.6) is 11.5 Å². The number of hydrogen-bond acceptors (Lipinski definition) is 6. The van der Waals surface area contributed by atoms with E-state index in [-0.39, 0.29) is 4.90 Å². The lowest BCUT2D eigenvalue weighted by molar-refractivity contribution is 0.0955. The number of sulfonamides is 1. The van der Waals surface area contributed by atoms with Crippen LogP contribution >= 0.6 is 11.6 Å². The minimum Gasteiger partial charge on any atom is -0.493 e. The molecule has 0 unspecified atom stereocenters. The molecule has 0 heterocycles. The van der Waals surface area contributed by atoms with Crippen LogP contribution in [0.1, 0.15) is 15.9 Å². The van der Waals surface area contributed by atoms with Crippen LogP contribution in [-0.4, -0.2) is 34.8 Å². The third-order valence-corrected chi connectivity index (χ3v) is 5.98. The van der Waals surface area contributed by atoms with Gasteiger partial charge in [0.25, 0.3) is 15.9 Å². The molecule has 0 radical (unpaired) electrons. The molecular formula is C22H20ClN3O5S. The Kier molecular flexibility index (Phi) is 7.34. The number of para-hydroxylation sites is 1. The molecule has 0 atom stereocenters. The van der Waals surface area contributed by atoms with Crippen molar-refractivity contribution in [3.05, 3.63) is 82.9 Å². The summed E-state index contributed by atoms with van der Waals surface area (Å²) >= 11 is 5.79. The van der Waals surface area contributed by atoms with Crippen molar-refractivity contribution in [2.45, 2.75) is 4.90 Å². The number of halogens is 1. The Morgan fingerprint density at radius 2 is 1.66 bits per heavy atom. The quantitative estimate of drug-likeness (QED) is 0.381. The van der Waals surface area contributed by atoms with Gasteiger partial charge in [-0.2, -0.15) is 5.10 Å². The first-order chi connectivity index (χ1) is 15.3. The molecule has 32 heavy (non-hydrogen) atoms. The summed E-state index contributed by atoms with van der Waals surface area (Å²) in [4.78, 5) is 12.4. The second-order valence-electron chi connectivity index (χ2n) is 6.42. The standard InChI is InChI=1S/C22H20ClN3O5S/c1-30-20-5-3-4-16(21(20)31-2)14-24-25-22(27)15-6-10-18(11-7-15)26-32(28,29)19-12-8-17(23)9-13-19/h3-14,26H,1-2H3,(H,25,27)/b24-14-. The molecule has 0 aliphatic rings. The summed E-state index contributed by atoms with van der Waals surface area (Å²) in [6, 6.07) is 17.0. The van der Waals surface area contributed by atoms with Gasteiger partial charge in [0.15, 0.2) is 11.5 Å². The van der Waals surface area contributed by atoms with Gasteiger partial charge in [-0.15, -0.1) is 0 Å². The fourth-order valence-corrected chi connectivity index (χ4v) is 3.94. The van der Waals surface area contributed by atoms with Gasteiger partial charge in [-0.3, -0.25) is 9.52 Å². The Hall–Kier alpha value is -3.56. The predicted molar refractivity (Wildman–Crippen MR) is 123 cm³/mol. The van der Waals surface area contributed by atoms with Crippen molar-refractivity contribution in [2.24, 2.45) is 5.10 Å². The summed E-state index contributed by atoms with van der Waals surface area (Å²) < 4.78 is 37.9. The van der Waals surface area contributed by atoms with Gasteiger partial charge in [0.05, 0.1) is 25.3 Å². The number of amides is 1. The molecule has 0 aliphatic carbocycles. The third-order valence-electron chi connectivity index (χ3n) is 4.33. The SMILES string of the molecule is COc1cccc(/C=N\NC(=O)c2ccc(NS(=O)(=O)c3ccc(Cl)cc3)cc2)c1OC. The lowest BCUT2D eigenvalue weighted by atomic mass is 10.2. The van der Waals surface area contributed by atoms with Crippen LogP contribution in [0.4, 0.5) is 5.69 Å². The third kappa shape index (κ3) is 5.57. The van der Waals surface area contributed by atoms with E-state index in [9.17, 15) is 13.2 Å². The van der Waals surface area contributed by atoms with Crippen LogP contribution in [0.25, 0.3) is 0 Å². The maximum Gasteiger partial charge on any atom is 0.271 e. The summed E-state index contributed by atoms with van der Waals surface area (Å²) in [7, 11) is -0.737. The number of hydrogen-bond donors (Lipinski definition) is 2. The number of methoxy groups -OCH3 is 2. The van der Waals surface area contributed by atoms with E-state index in [1.54, 1.807) is 18.2 Å². The first-order valence-electron chi connectivity index (χ1n) is 9.27. The van der Waals surface area contributed by atoms with E-state index >= 15 is 0 Å². The first-order valence-corrected chi connectivity index (χ1v) is 11.1. The Bertz CT molecular complexity index is 1230. The van der Waals surface area contributed by atoms with Gasteiger partial charge < -0.3 is 9.47 Å². The van der Waals surface area contributed by atoms with E-state index in [1.165, 1.54) is 69.0 Å². The van der Waals surface area contributed by atoms with Crippen LogP contribution in [0.3, 0.4) is 0 Å². The Labute approximate surface area is 190 Å². The number of hydrazone groups is 1. The number of ether oxygens (including phenoxy) is 2. The summed E-state index contributed by atoms with van der Waals surface area (Å²) in [5.41, 5.74) is 3.65. The smallest absolute Gasteiger partial charge is 0.271 e. The van der Waals surface area contributed by atoms with Crippen molar-refractivity contribution in [1.29, 1.82) is 0 Å². The largest absolute Gasteiger partial charge is 0.493 e. The van der Waals surface area contributed by atoms with Crippen LogP contribution in [0.2, 0.25) is 5.02 Å². The van der Waals surface area contributed by atoms with Gasteiger partial charge >= 0.3 is 0 Å². The zero-order valence-corrected chi connectivity index (χ0v) is 18.8. The predicted octanol–water partition coefficient (Wildman–Crippen LogP) is 3.92. The lowest BCUT2D eigenvalue weighted by Crippen LogP contribution is -2.18. The molecule has 0 spiro atoms. The number of rotatable bonds is 8. The summed E-state index contributed by atoms with van der Waals surface area (Å²) in [6.07, 6.45) is 1.44. The molecule has 3 aromatic rings. The average Bonchev–Trinajstić information content (AvgIpc) is 2.79. The minimum atomic E-state index is -3.78. The Morgan fingerprint density at radius 1 is 0.969 bits per heavy atom. The molecule has 0 aromatic heterocycles. The highest BCUT2D eigenvalue weighted by molar-refractivity contribution is 7.92. The first kappa shape index (κ1) is 23.1. The van der Waals surface area contributed by atoms with Crippen molar-refractivity contribution in [3.63, 3.8) is 0 Å². The molecule has 166 valence electrons. The van der Waals surface area contributed by atoms with Crippen molar-refractivity contribution in [2.75, 3.05) is 18.9 Å². The number of carbonyl (C=O) groups is 1. The zero-order valence-electron chi connectivity index (χ0n) is 17.2. The topological polar surface area (TPSA) is 106 Å². The fraction of sp³-hybridized carbons (Fsp3) is 0.0909. The molecule has 0 fully saturated rings. The maximum atomic E-state index is 12.4. The van der Waals surface area contributed by atoms with Crippen molar-refractivity contribution in [3.8, 4) is 11.5 Å². The van der Waals surface area contributed by atoms with Gasteiger partial charge in [0.1, 0.15) is 0 Å². The maximum absolute atomic E-state index is 12.4. The molecule has 3 aromatic carbocycles. The normalized spacial score (nSPS) is 11.2. The number of nitrogens with zero attached hydrogens (tertiary/aromatic N) is 1. The van der Waals surface area contributed by atoms with Gasteiger partial charge in [0.2, 0.25) is 0 Å². The molecule has 3 rings (SSSR count). The number of nitrogens with one attached hydrogen (secondary N) is 2. The minimum absolute atomic E-state index is 0.0750. The average molecular weight is 474 g/mol. The van der Waals surface area contributed by atoms with Crippen molar-refractivity contribution in [1.82, 2.24) is 5.43 Å². The number of benzene rings is 3. The van der Waals surface area contributed by atoms with Crippen molar-refractivity contribution >= 4 is 39.4 Å². The molecule has 0 saturated heterocycles. The van der Waals surface area contributed by atoms with Gasteiger partial charge in [-0.25, -0.2) is 13.8 Å². The van der Waals surface area contributed by atoms with E-state index in [4.69, 9.17) is 21.1 Å². The van der Waals surface area contributed by atoms with E-state index in [2.05, 4.69) is 15.2 Å². The second kappa shape index (κ2) is 10.2. The van der Waals surface area contributed by atoms with E-state index in [1.807, 2.05) is 0 Å². The number of carbonyl (C=O) groups excluding carboxylic acids is 1. The molecule has 2 N–H and O–H groups in total. The summed E-state index contributed by atoms with van der Waals surface area (Å²) in [5.74, 6) is 0.569. The van der Waals surface area contributed by atoms with Gasteiger partial charge in [-0.1, -0.05) is 17.7 Å². The van der Waals surface area contributed by atoms with Gasteiger partial charge in [-0.05, 0) is 60.7 Å². The van der Waals surface area contributed by atoms with E-state index < -0.39 is 15.9 Å². The second-order valence-corrected chi connectivity index (χ2v) is 8.54. The number of anilines is 1. The van der Waals surface area contributed by atoms with Crippen LogP contribution in [0, 0.1) is 0 Å².